The topological polar surface area (TPSA) is 109 Å². The first-order chi connectivity index (χ1) is 15.4. The van der Waals surface area contributed by atoms with E-state index in [4.69, 9.17) is 21.6 Å². The first-order valence-corrected chi connectivity index (χ1v) is 10.4. The molecule has 0 saturated carbocycles. The summed E-state index contributed by atoms with van der Waals surface area (Å²) < 4.78 is 3.20. The molecule has 1 atom stereocenters. The number of halogens is 1. The zero-order valence-corrected chi connectivity index (χ0v) is 17.9. The van der Waals surface area contributed by atoms with Crippen LogP contribution in [0, 0.1) is 10.1 Å². The number of fused-ring (bicyclic) bond motifs is 4. The van der Waals surface area contributed by atoms with Gasteiger partial charge in [0.1, 0.15) is 22.3 Å². The van der Waals surface area contributed by atoms with Crippen molar-refractivity contribution in [2.24, 2.45) is 0 Å². The highest BCUT2D eigenvalue weighted by Gasteiger charge is 2.23. The van der Waals surface area contributed by atoms with Gasteiger partial charge in [-0.3, -0.25) is 24.0 Å². The van der Waals surface area contributed by atoms with Crippen LogP contribution in [0.2, 0.25) is 5.02 Å². The van der Waals surface area contributed by atoms with E-state index in [1.165, 1.54) is 18.5 Å². The van der Waals surface area contributed by atoms with Crippen molar-refractivity contribution in [3.63, 3.8) is 0 Å². The van der Waals surface area contributed by atoms with Crippen LogP contribution >= 0.6 is 11.6 Å². The summed E-state index contributed by atoms with van der Waals surface area (Å²) in [5.41, 5.74) is 2.32. The predicted molar refractivity (Wildman–Crippen MR) is 123 cm³/mol. The Balaban J connectivity index is 1.97. The molecule has 9 nitrogen and oxygen atoms in total. The maximum absolute atomic E-state index is 13.5. The lowest BCUT2D eigenvalue weighted by Crippen LogP contribution is -2.23. The monoisotopic (exact) mass is 448 g/mol. The molecule has 32 heavy (non-hydrogen) atoms. The SMILES string of the molecule is CC[C@@H](C)n1cnc2c(c1=O)c1nc3ccccc3nc1n2-c1ccc(Cl)c([N+](=O)[O-])c1. The van der Waals surface area contributed by atoms with E-state index in [1.54, 1.807) is 15.2 Å². The Morgan fingerprint density at radius 1 is 1.12 bits per heavy atom. The molecule has 3 aromatic heterocycles. The molecule has 160 valence electrons. The van der Waals surface area contributed by atoms with Crippen molar-refractivity contribution < 1.29 is 4.92 Å². The predicted octanol–water partition coefficient (Wildman–Crippen LogP) is 4.82. The molecule has 0 aliphatic heterocycles. The Hall–Kier alpha value is -3.85. The van der Waals surface area contributed by atoms with Crippen LogP contribution in [0.3, 0.4) is 0 Å². The van der Waals surface area contributed by atoms with Crippen LogP contribution in [0.1, 0.15) is 26.3 Å². The van der Waals surface area contributed by atoms with E-state index in [9.17, 15) is 14.9 Å². The Labute approximate surface area is 186 Å². The third-order valence-electron chi connectivity index (χ3n) is 5.64. The highest BCUT2D eigenvalue weighted by molar-refractivity contribution is 6.32. The maximum Gasteiger partial charge on any atom is 0.289 e. The van der Waals surface area contributed by atoms with Gasteiger partial charge in [0, 0.05) is 12.1 Å². The van der Waals surface area contributed by atoms with Crippen LogP contribution in [-0.4, -0.2) is 29.0 Å². The van der Waals surface area contributed by atoms with Crippen molar-refractivity contribution in [1.82, 2.24) is 24.1 Å². The zero-order chi connectivity index (χ0) is 22.6. The van der Waals surface area contributed by atoms with Crippen LogP contribution in [0.15, 0.2) is 53.6 Å². The largest absolute Gasteiger partial charge is 0.296 e. The molecule has 0 aliphatic rings. The van der Waals surface area contributed by atoms with Gasteiger partial charge in [-0.25, -0.2) is 15.0 Å². The molecule has 10 heteroatoms. The summed E-state index contributed by atoms with van der Waals surface area (Å²) in [7, 11) is 0. The van der Waals surface area contributed by atoms with Crippen molar-refractivity contribution in [2.45, 2.75) is 26.3 Å². The smallest absolute Gasteiger partial charge is 0.289 e. The fourth-order valence-electron chi connectivity index (χ4n) is 3.79. The van der Waals surface area contributed by atoms with Gasteiger partial charge in [-0.15, -0.1) is 0 Å². The molecular weight excluding hydrogens is 432 g/mol. The number of nitro groups is 1. The van der Waals surface area contributed by atoms with E-state index in [0.717, 1.165) is 6.42 Å². The second kappa shape index (κ2) is 7.38. The van der Waals surface area contributed by atoms with Crippen molar-refractivity contribution in [1.29, 1.82) is 0 Å². The number of rotatable bonds is 4. The lowest BCUT2D eigenvalue weighted by molar-refractivity contribution is -0.384. The van der Waals surface area contributed by atoms with Crippen molar-refractivity contribution >= 4 is 50.5 Å². The molecule has 2 aromatic carbocycles. The summed E-state index contributed by atoms with van der Waals surface area (Å²) in [6, 6.07) is 11.7. The first-order valence-electron chi connectivity index (χ1n) is 10.0. The molecule has 0 radical (unpaired) electrons. The summed E-state index contributed by atoms with van der Waals surface area (Å²) in [6.07, 6.45) is 2.25. The van der Waals surface area contributed by atoms with Gasteiger partial charge in [-0.1, -0.05) is 30.7 Å². The number of nitro benzene ring substituents is 1. The lowest BCUT2D eigenvalue weighted by Gasteiger charge is -2.12. The van der Waals surface area contributed by atoms with Crippen LogP contribution < -0.4 is 5.56 Å². The van der Waals surface area contributed by atoms with Crippen LogP contribution in [0.5, 0.6) is 0 Å². The van der Waals surface area contributed by atoms with Crippen LogP contribution in [-0.2, 0) is 0 Å². The van der Waals surface area contributed by atoms with E-state index in [0.29, 0.717) is 38.9 Å². The molecular formula is C22H17ClN6O3. The maximum atomic E-state index is 13.5. The second-order valence-electron chi connectivity index (χ2n) is 7.53. The fraction of sp³-hybridized carbons (Fsp3) is 0.182. The summed E-state index contributed by atoms with van der Waals surface area (Å²) >= 11 is 6.02. The summed E-state index contributed by atoms with van der Waals surface area (Å²) in [5, 5.41) is 11.8. The molecule has 0 bridgehead atoms. The third-order valence-corrected chi connectivity index (χ3v) is 5.96. The summed E-state index contributed by atoms with van der Waals surface area (Å²) in [4.78, 5) is 38.4. The number of para-hydroxylation sites is 2. The number of benzene rings is 2. The van der Waals surface area contributed by atoms with Crippen molar-refractivity contribution in [3.05, 3.63) is 74.3 Å². The number of aromatic nitrogens is 5. The molecule has 0 N–H and O–H groups in total. The highest BCUT2D eigenvalue weighted by Crippen LogP contribution is 2.32. The van der Waals surface area contributed by atoms with Crippen molar-refractivity contribution in [3.8, 4) is 5.69 Å². The summed E-state index contributed by atoms with van der Waals surface area (Å²) in [5.74, 6) is 0. The standard InChI is InChI=1S/C22H17ClN6O3/c1-3-12(2)27-11-24-20-18(22(27)30)19-21(26-16-7-5-4-6-15(16)25-19)28(20)13-8-9-14(23)17(10-13)29(31)32/h4-12H,3H2,1-2H3/t12-/m1/s1. The molecule has 3 heterocycles. The minimum atomic E-state index is -0.551. The lowest BCUT2D eigenvalue weighted by atomic mass is 10.2. The number of hydrogen-bond acceptors (Lipinski definition) is 6. The average Bonchev–Trinajstić information content (AvgIpc) is 3.11. The molecule has 0 amide bonds. The quantitative estimate of drug-likeness (QED) is 0.288. The highest BCUT2D eigenvalue weighted by atomic mass is 35.5. The van der Waals surface area contributed by atoms with Gasteiger partial charge in [0.25, 0.3) is 11.2 Å². The van der Waals surface area contributed by atoms with Gasteiger partial charge in [-0.05, 0) is 37.6 Å². The van der Waals surface area contributed by atoms with E-state index in [1.807, 2.05) is 38.1 Å². The van der Waals surface area contributed by atoms with E-state index in [-0.39, 0.29) is 22.3 Å². The molecule has 0 saturated heterocycles. The third kappa shape index (κ3) is 2.93. The normalized spacial score (nSPS) is 12.6. The van der Waals surface area contributed by atoms with Gasteiger partial charge < -0.3 is 0 Å². The Morgan fingerprint density at radius 2 is 1.84 bits per heavy atom. The van der Waals surface area contributed by atoms with Gasteiger partial charge in [0.2, 0.25) is 0 Å². The summed E-state index contributed by atoms with van der Waals surface area (Å²) in [6.45, 7) is 3.93. The molecule has 0 aliphatic carbocycles. The minimum absolute atomic E-state index is 0.0168. The molecule has 5 rings (SSSR count). The van der Waals surface area contributed by atoms with Crippen LogP contribution in [0.4, 0.5) is 5.69 Å². The minimum Gasteiger partial charge on any atom is -0.296 e. The second-order valence-corrected chi connectivity index (χ2v) is 7.93. The molecule has 0 unspecified atom stereocenters. The van der Waals surface area contributed by atoms with Gasteiger partial charge in [0.15, 0.2) is 11.3 Å². The fourth-order valence-corrected chi connectivity index (χ4v) is 3.97. The first kappa shape index (κ1) is 20.1. The molecule has 0 spiro atoms. The van der Waals surface area contributed by atoms with Gasteiger partial charge >= 0.3 is 0 Å². The average molecular weight is 449 g/mol. The molecule has 5 aromatic rings. The van der Waals surface area contributed by atoms with Crippen LogP contribution in [0.25, 0.3) is 38.9 Å². The van der Waals surface area contributed by atoms with E-state index in [2.05, 4.69) is 4.98 Å². The Morgan fingerprint density at radius 3 is 2.53 bits per heavy atom. The molecule has 0 fully saturated rings. The zero-order valence-electron chi connectivity index (χ0n) is 17.2. The van der Waals surface area contributed by atoms with Gasteiger partial charge in [-0.2, -0.15) is 0 Å². The Bertz CT molecular complexity index is 1610. The van der Waals surface area contributed by atoms with E-state index < -0.39 is 4.92 Å². The van der Waals surface area contributed by atoms with E-state index >= 15 is 0 Å². The number of nitrogens with zero attached hydrogens (tertiary/aromatic N) is 6. The van der Waals surface area contributed by atoms with Crippen molar-refractivity contribution in [2.75, 3.05) is 0 Å². The van der Waals surface area contributed by atoms with Gasteiger partial charge in [0.05, 0.1) is 21.6 Å². The number of hydrogen-bond donors (Lipinski definition) is 0. The Kier molecular flexibility index (Phi) is 4.63.